The van der Waals surface area contributed by atoms with E-state index in [0.29, 0.717) is 0 Å². The summed E-state index contributed by atoms with van der Waals surface area (Å²) in [5.74, 6) is 2.66. The maximum Gasteiger partial charge on any atom is 0.0689 e. The average Bonchev–Trinajstić information content (AvgIpc) is 2.49. The Hall–Kier alpha value is -0.510. The lowest BCUT2D eigenvalue weighted by molar-refractivity contribution is 0.119. The van der Waals surface area contributed by atoms with Crippen LogP contribution < -0.4 is 0 Å². The number of nitrogens with zero attached hydrogens (tertiary/aromatic N) is 1. The third-order valence-electron chi connectivity index (χ3n) is 6.06. The Labute approximate surface area is 126 Å². The molecule has 0 aliphatic heterocycles. The molecule has 20 heavy (non-hydrogen) atoms. The van der Waals surface area contributed by atoms with E-state index in [9.17, 15) is 5.26 Å². The third-order valence-corrected chi connectivity index (χ3v) is 6.06. The number of rotatable bonds is 5. The summed E-state index contributed by atoms with van der Waals surface area (Å²) in [6.07, 6.45) is 16.0. The van der Waals surface area contributed by atoms with Crippen molar-refractivity contribution in [3.63, 3.8) is 0 Å². The maximum atomic E-state index is 9.71. The third kappa shape index (κ3) is 4.00. The summed E-state index contributed by atoms with van der Waals surface area (Å²) in [5.41, 5.74) is 0.0275. The standard InChI is InChI=1S/C19H33N/c1-3-7-16(2)14-19(15-20)12-10-18(11-13-19)17-8-5-4-6-9-17/h16-18H,3-14H2,1-2H3/t16?,18-,19+. The number of hydrogen-bond donors (Lipinski definition) is 0. The van der Waals surface area contributed by atoms with Crippen LogP contribution in [-0.2, 0) is 0 Å². The summed E-state index contributed by atoms with van der Waals surface area (Å²) in [6, 6.07) is 2.73. The van der Waals surface area contributed by atoms with Gasteiger partial charge in [0.2, 0.25) is 0 Å². The van der Waals surface area contributed by atoms with E-state index in [0.717, 1.165) is 24.2 Å². The second-order valence-electron chi connectivity index (χ2n) is 7.73. The van der Waals surface area contributed by atoms with Crippen molar-refractivity contribution in [3.8, 4) is 6.07 Å². The first-order valence-electron chi connectivity index (χ1n) is 9.10. The molecule has 0 spiro atoms. The minimum atomic E-state index is 0.0275. The van der Waals surface area contributed by atoms with Gasteiger partial charge in [0.1, 0.15) is 0 Å². The summed E-state index contributed by atoms with van der Waals surface area (Å²) < 4.78 is 0. The van der Waals surface area contributed by atoms with E-state index in [1.165, 1.54) is 70.6 Å². The molecule has 0 saturated heterocycles. The molecule has 0 aromatic heterocycles. The van der Waals surface area contributed by atoms with E-state index in [4.69, 9.17) is 0 Å². The van der Waals surface area contributed by atoms with E-state index in [1.54, 1.807) is 0 Å². The fourth-order valence-electron chi connectivity index (χ4n) is 4.89. The van der Waals surface area contributed by atoms with Crippen LogP contribution in [0.3, 0.4) is 0 Å². The molecule has 2 saturated carbocycles. The first-order valence-corrected chi connectivity index (χ1v) is 9.10. The fourth-order valence-corrected chi connectivity index (χ4v) is 4.89. The Bertz CT molecular complexity index is 313. The molecule has 0 radical (unpaired) electrons. The lowest BCUT2D eigenvalue weighted by Gasteiger charge is -2.40. The smallest absolute Gasteiger partial charge is 0.0689 e. The molecule has 0 N–H and O–H groups in total. The van der Waals surface area contributed by atoms with Gasteiger partial charge in [0, 0.05) is 0 Å². The zero-order valence-electron chi connectivity index (χ0n) is 13.7. The van der Waals surface area contributed by atoms with Gasteiger partial charge in [-0.15, -0.1) is 0 Å². The number of nitriles is 1. The maximum absolute atomic E-state index is 9.71. The zero-order valence-corrected chi connectivity index (χ0v) is 13.7. The van der Waals surface area contributed by atoms with Gasteiger partial charge in [0.05, 0.1) is 11.5 Å². The quantitative estimate of drug-likeness (QED) is 0.595. The Balaban J connectivity index is 1.85. The molecule has 1 nitrogen and oxygen atoms in total. The van der Waals surface area contributed by atoms with E-state index in [2.05, 4.69) is 19.9 Å². The van der Waals surface area contributed by atoms with Gasteiger partial charge in [-0.05, 0) is 49.9 Å². The largest absolute Gasteiger partial charge is 0.198 e. The second kappa shape index (κ2) is 7.48. The van der Waals surface area contributed by atoms with E-state index in [-0.39, 0.29) is 5.41 Å². The summed E-state index contributed by atoms with van der Waals surface area (Å²) in [4.78, 5) is 0. The highest BCUT2D eigenvalue weighted by Gasteiger charge is 2.38. The van der Waals surface area contributed by atoms with Crippen molar-refractivity contribution in [2.75, 3.05) is 0 Å². The topological polar surface area (TPSA) is 23.8 Å². The Kier molecular flexibility index (Phi) is 5.94. The summed E-state index contributed by atoms with van der Waals surface area (Å²) in [5, 5.41) is 9.71. The SMILES string of the molecule is CCCC(C)C[C@]1(C#N)CC[C@@H](C2CCCCC2)CC1. The van der Waals surface area contributed by atoms with Gasteiger partial charge in [-0.1, -0.05) is 58.8 Å². The normalized spacial score (nSPS) is 33.5. The van der Waals surface area contributed by atoms with Gasteiger partial charge in [-0.3, -0.25) is 0 Å². The summed E-state index contributed by atoms with van der Waals surface area (Å²) in [7, 11) is 0. The highest BCUT2D eigenvalue weighted by molar-refractivity contribution is 5.02. The first-order chi connectivity index (χ1) is 9.69. The van der Waals surface area contributed by atoms with Crippen molar-refractivity contribution < 1.29 is 0 Å². The lowest BCUT2D eigenvalue weighted by atomic mass is 9.63. The number of hydrogen-bond acceptors (Lipinski definition) is 1. The molecular weight excluding hydrogens is 242 g/mol. The van der Waals surface area contributed by atoms with Crippen LogP contribution >= 0.6 is 0 Å². The van der Waals surface area contributed by atoms with E-state index < -0.39 is 0 Å². The van der Waals surface area contributed by atoms with Crippen LogP contribution in [0.25, 0.3) is 0 Å². The molecule has 0 aromatic carbocycles. The predicted octanol–water partition coefficient (Wildman–Crippen LogP) is 6.09. The fraction of sp³-hybridized carbons (Fsp3) is 0.947. The molecule has 1 atom stereocenters. The van der Waals surface area contributed by atoms with Crippen LogP contribution in [0.2, 0.25) is 0 Å². The van der Waals surface area contributed by atoms with Crippen LogP contribution in [0.5, 0.6) is 0 Å². The van der Waals surface area contributed by atoms with Gasteiger partial charge in [-0.25, -0.2) is 0 Å². The molecule has 0 bridgehead atoms. The molecule has 2 aliphatic carbocycles. The predicted molar refractivity (Wildman–Crippen MR) is 85.3 cm³/mol. The van der Waals surface area contributed by atoms with Crippen molar-refractivity contribution in [2.45, 2.75) is 90.9 Å². The van der Waals surface area contributed by atoms with Crippen molar-refractivity contribution in [2.24, 2.45) is 23.2 Å². The minimum absolute atomic E-state index is 0.0275. The molecule has 0 heterocycles. The lowest BCUT2D eigenvalue weighted by Crippen LogP contribution is -2.31. The summed E-state index contributed by atoms with van der Waals surface area (Å²) in [6.45, 7) is 4.60. The van der Waals surface area contributed by atoms with Crippen molar-refractivity contribution in [1.82, 2.24) is 0 Å². The van der Waals surface area contributed by atoms with Crippen LogP contribution in [-0.4, -0.2) is 0 Å². The highest BCUT2D eigenvalue weighted by Crippen LogP contribution is 2.47. The Morgan fingerprint density at radius 1 is 1.05 bits per heavy atom. The molecular formula is C19H33N. The van der Waals surface area contributed by atoms with Gasteiger partial charge in [0.15, 0.2) is 0 Å². The zero-order chi connectivity index (χ0) is 14.4. The minimum Gasteiger partial charge on any atom is -0.198 e. The van der Waals surface area contributed by atoms with Crippen molar-refractivity contribution in [3.05, 3.63) is 0 Å². The monoisotopic (exact) mass is 275 g/mol. The van der Waals surface area contributed by atoms with Crippen LogP contribution in [0.1, 0.15) is 90.9 Å². The first kappa shape index (κ1) is 15.9. The van der Waals surface area contributed by atoms with Crippen molar-refractivity contribution in [1.29, 1.82) is 5.26 Å². The molecule has 2 aliphatic rings. The molecule has 0 aromatic rings. The highest BCUT2D eigenvalue weighted by atomic mass is 14.4. The van der Waals surface area contributed by atoms with Crippen LogP contribution in [0, 0.1) is 34.5 Å². The molecule has 1 unspecified atom stereocenters. The van der Waals surface area contributed by atoms with Crippen LogP contribution in [0.15, 0.2) is 0 Å². The Morgan fingerprint density at radius 3 is 2.20 bits per heavy atom. The van der Waals surface area contributed by atoms with E-state index in [1.807, 2.05) is 0 Å². The molecule has 0 amide bonds. The van der Waals surface area contributed by atoms with Gasteiger partial charge >= 0.3 is 0 Å². The average molecular weight is 275 g/mol. The van der Waals surface area contributed by atoms with Gasteiger partial charge in [0.25, 0.3) is 0 Å². The van der Waals surface area contributed by atoms with Crippen molar-refractivity contribution >= 4 is 0 Å². The van der Waals surface area contributed by atoms with Gasteiger partial charge < -0.3 is 0 Å². The molecule has 1 heteroatoms. The van der Waals surface area contributed by atoms with Gasteiger partial charge in [-0.2, -0.15) is 5.26 Å². The summed E-state index contributed by atoms with van der Waals surface area (Å²) >= 11 is 0. The Morgan fingerprint density at radius 2 is 1.65 bits per heavy atom. The molecule has 2 fully saturated rings. The molecule has 2 rings (SSSR count). The van der Waals surface area contributed by atoms with Crippen LogP contribution in [0.4, 0.5) is 0 Å². The second-order valence-corrected chi connectivity index (χ2v) is 7.73. The van der Waals surface area contributed by atoms with E-state index >= 15 is 0 Å². The molecule has 114 valence electrons.